The third kappa shape index (κ3) is 4.43. The first kappa shape index (κ1) is 22.5. The number of benzene rings is 1. The van der Waals surface area contributed by atoms with E-state index in [0.29, 0.717) is 27.8 Å². The number of thiophene rings is 1. The van der Waals surface area contributed by atoms with Crippen molar-refractivity contribution in [3.63, 3.8) is 0 Å². The van der Waals surface area contributed by atoms with Crippen molar-refractivity contribution in [1.29, 1.82) is 0 Å². The monoisotopic (exact) mass is 486 g/mol. The van der Waals surface area contributed by atoms with E-state index in [1.54, 1.807) is 72.7 Å². The number of carbonyl (C=O) groups is 2. The first-order valence-electron chi connectivity index (χ1n) is 10.9. The lowest BCUT2D eigenvalue weighted by Crippen LogP contribution is -2.24. The van der Waals surface area contributed by atoms with Crippen LogP contribution in [-0.4, -0.2) is 31.6 Å². The van der Waals surface area contributed by atoms with E-state index in [2.05, 4.69) is 25.7 Å². The number of rotatable bonds is 6. The number of aryl methyl sites for hydroxylation is 2. The molecule has 0 saturated carbocycles. The number of carbonyl (C=O) groups excluding carboxylic acids is 2. The third-order valence-electron chi connectivity index (χ3n) is 5.61. The first-order chi connectivity index (χ1) is 16.9. The maximum atomic E-state index is 13.2. The molecule has 0 aliphatic rings. The van der Waals surface area contributed by atoms with Crippen LogP contribution in [0, 0.1) is 13.8 Å². The second-order valence-corrected chi connectivity index (χ2v) is 9.03. The summed E-state index contributed by atoms with van der Waals surface area (Å²) in [6, 6.07) is 11.9. The molecule has 176 valence electrons. The van der Waals surface area contributed by atoms with Gasteiger partial charge in [-0.15, -0.1) is 11.3 Å². The quantitative estimate of drug-likeness (QED) is 0.340. The minimum absolute atomic E-state index is 0.209. The molecule has 0 aliphatic heterocycles. The lowest BCUT2D eigenvalue weighted by molar-refractivity contribution is -0.119. The molecule has 0 radical (unpaired) electrons. The molecule has 1 atom stereocenters. The minimum Gasteiger partial charge on any atom is -0.461 e. The van der Waals surface area contributed by atoms with Gasteiger partial charge in [0.05, 0.1) is 16.8 Å². The smallest absolute Gasteiger partial charge is 0.266 e. The van der Waals surface area contributed by atoms with Crippen molar-refractivity contribution >= 4 is 44.7 Å². The number of fused-ring (bicyclic) bond motifs is 1. The van der Waals surface area contributed by atoms with Crippen LogP contribution in [0.3, 0.4) is 0 Å². The summed E-state index contributed by atoms with van der Waals surface area (Å²) in [6.07, 6.45) is 4.93. The Labute approximate surface area is 204 Å². The number of nitrogens with one attached hydrogen (secondary N) is 2. The molecule has 0 spiro atoms. The van der Waals surface area contributed by atoms with Gasteiger partial charge in [0.2, 0.25) is 5.91 Å². The lowest BCUT2D eigenvalue weighted by atomic mass is 10.1. The van der Waals surface area contributed by atoms with Gasteiger partial charge in [-0.25, -0.2) is 9.97 Å². The van der Waals surface area contributed by atoms with Gasteiger partial charge in [-0.05, 0) is 62.7 Å². The fourth-order valence-corrected chi connectivity index (χ4v) is 4.94. The van der Waals surface area contributed by atoms with E-state index >= 15 is 0 Å². The van der Waals surface area contributed by atoms with E-state index in [1.807, 2.05) is 13.8 Å². The Bertz CT molecular complexity index is 1520. The highest BCUT2D eigenvalue weighted by Crippen LogP contribution is 2.33. The number of hydrogen-bond donors (Lipinski definition) is 2. The van der Waals surface area contributed by atoms with E-state index in [4.69, 9.17) is 4.42 Å². The zero-order valence-corrected chi connectivity index (χ0v) is 20.1. The Balaban J connectivity index is 1.36. The molecule has 10 heteroatoms. The van der Waals surface area contributed by atoms with Crippen molar-refractivity contribution < 1.29 is 14.0 Å². The molecular weight excluding hydrogens is 464 g/mol. The highest BCUT2D eigenvalue weighted by Gasteiger charge is 2.21. The van der Waals surface area contributed by atoms with Gasteiger partial charge in [-0.1, -0.05) is 6.07 Å². The number of amides is 2. The molecule has 4 aromatic heterocycles. The maximum Gasteiger partial charge on any atom is 0.266 e. The Hall–Kier alpha value is -4.31. The van der Waals surface area contributed by atoms with Crippen LogP contribution in [0.1, 0.15) is 33.9 Å². The zero-order valence-electron chi connectivity index (χ0n) is 19.3. The number of hydrogen-bond acceptors (Lipinski definition) is 7. The van der Waals surface area contributed by atoms with Crippen LogP contribution in [0.2, 0.25) is 0 Å². The van der Waals surface area contributed by atoms with Crippen molar-refractivity contribution in [2.24, 2.45) is 0 Å². The molecule has 5 rings (SSSR count). The van der Waals surface area contributed by atoms with Crippen LogP contribution in [0.15, 0.2) is 65.5 Å². The molecule has 2 amide bonds. The van der Waals surface area contributed by atoms with Crippen LogP contribution in [0.25, 0.3) is 21.8 Å². The van der Waals surface area contributed by atoms with Gasteiger partial charge in [-0.2, -0.15) is 5.10 Å². The van der Waals surface area contributed by atoms with E-state index in [9.17, 15) is 9.59 Å². The van der Waals surface area contributed by atoms with Gasteiger partial charge in [0, 0.05) is 29.2 Å². The van der Waals surface area contributed by atoms with Gasteiger partial charge >= 0.3 is 0 Å². The summed E-state index contributed by atoms with van der Waals surface area (Å²) in [7, 11) is 0. The molecule has 0 fully saturated rings. The number of furan rings is 1. The molecular formula is C25H22N6O3S. The highest BCUT2D eigenvalue weighted by molar-refractivity contribution is 7.20. The molecule has 1 aromatic carbocycles. The Kier molecular flexibility index (Phi) is 5.87. The number of aromatic nitrogens is 4. The van der Waals surface area contributed by atoms with Gasteiger partial charge < -0.3 is 15.1 Å². The van der Waals surface area contributed by atoms with Crippen LogP contribution >= 0.6 is 11.3 Å². The summed E-state index contributed by atoms with van der Waals surface area (Å²) in [4.78, 5) is 36.2. The summed E-state index contributed by atoms with van der Waals surface area (Å²) in [5, 5.41) is 10.8. The van der Waals surface area contributed by atoms with Crippen molar-refractivity contribution in [2.75, 3.05) is 10.6 Å². The topological polar surface area (TPSA) is 115 Å². The molecule has 4 heterocycles. The number of anilines is 2. The molecule has 0 bridgehead atoms. The third-order valence-corrected chi connectivity index (χ3v) is 6.79. The average Bonchev–Trinajstić information content (AvgIpc) is 3.60. The molecule has 35 heavy (non-hydrogen) atoms. The molecule has 2 N–H and O–H groups in total. The summed E-state index contributed by atoms with van der Waals surface area (Å²) in [5.41, 5.74) is 2.74. The molecule has 0 aliphatic carbocycles. The normalized spacial score (nSPS) is 12.0. The molecule has 5 aromatic rings. The van der Waals surface area contributed by atoms with E-state index < -0.39 is 6.04 Å². The maximum absolute atomic E-state index is 13.2. The molecule has 9 nitrogen and oxygen atoms in total. The van der Waals surface area contributed by atoms with Crippen molar-refractivity contribution in [3.05, 3.63) is 77.3 Å². The average molecular weight is 487 g/mol. The Morgan fingerprint density at radius 3 is 2.57 bits per heavy atom. The van der Waals surface area contributed by atoms with E-state index in [0.717, 1.165) is 21.5 Å². The van der Waals surface area contributed by atoms with Crippen molar-refractivity contribution in [2.45, 2.75) is 26.8 Å². The van der Waals surface area contributed by atoms with E-state index in [1.165, 1.54) is 11.3 Å². The van der Waals surface area contributed by atoms with Gasteiger partial charge in [0.25, 0.3) is 5.91 Å². The van der Waals surface area contributed by atoms with Crippen LogP contribution in [0.5, 0.6) is 0 Å². The predicted molar refractivity (Wildman–Crippen MR) is 135 cm³/mol. The van der Waals surface area contributed by atoms with Gasteiger partial charge in [0.1, 0.15) is 10.9 Å². The molecule has 0 saturated heterocycles. The largest absolute Gasteiger partial charge is 0.461 e. The highest BCUT2D eigenvalue weighted by atomic mass is 32.1. The summed E-state index contributed by atoms with van der Waals surface area (Å²) in [6.45, 7) is 5.55. The zero-order chi connectivity index (χ0) is 24.5. The lowest BCUT2D eigenvalue weighted by Gasteiger charge is -2.13. The second kappa shape index (κ2) is 9.15. The standard InChI is InChI=1S/C25H22N6O3S/c1-14-20-15(2)27-22(19-9-5-12-34-19)30-25(20)35-21(14)24(33)29-18-8-4-7-17(13-18)28-23(32)16(3)31-11-6-10-26-31/h4-13,16H,1-3H3,(H,28,32)(H,29,33). The Morgan fingerprint density at radius 2 is 1.86 bits per heavy atom. The summed E-state index contributed by atoms with van der Waals surface area (Å²) in [5.74, 6) is 0.602. The summed E-state index contributed by atoms with van der Waals surface area (Å²) < 4.78 is 7.00. The van der Waals surface area contributed by atoms with Crippen LogP contribution < -0.4 is 10.6 Å². The fraction of sp³-hybridized carbons (Fsp3) is 0.160. The fourth-order valence-electron chi connectivity index (χ4n) is 3.81. The summed E-state index contributed by atoms with van der Waals surface area (Å²) >= 11 is 1.31. The predicted octanol–water partition coefficient (Wildman–Crippen LogP) is 5.22. The van der Waals surface area contributed by atoms with Gasteiger partial charge in [0.15, 0.2) is 11.6 Å². The SMILES string of the molecule is Cc1nc(-c2ccco2)nc2sc(C(=O)Nc3cccc(NC(=O)C(C)n4cccn4)c3)c(C)c12. The number of nitrogens with zero attached hydrogens (tertiary/aromatic N) is 4. The van der Waals surface area contributed by atoms with Crippen molar-refractivity contribution in [3.8, 4) is 11.6 Å². The minimum atomic E-state index is -0.472. The Morgan fingerprint density at radius 1 is 1.06 bits per heavy atom. The van der Waals surface area contributed by atoms with Crippen LogP contribution in [-0.2, 0) is 4.79 Å². The van der Waals surface area contributed by atoms with E-state index in [-0.39, 0.29) is 11.8 Å². The van der Waals surface area contributed by atoms with Crippen molar-refractivity contribution in [1.82, 2.24) is 19.7 Å². The van der Waals surface area contributed by atoms with Crippen LogP contribution in [0.4, 0.5) is 11.4 Å². The molecule has 1 unspecified atom stereocenters. The van der Waals surface area contributed by atoms with Gasteiger partial charge in [-0.3, -0.25) is 14.3 Å². The first-order valence-corrected chi connectivity index (χ1v) is 11.8. The second-order valence-electron chi connectivity index (χ2n) is 8.03.